The molecule has 0 aromatic heterocycles. The second-order valence-electron chi connectivity index (χ2n) is 4.68. The Morgan fingerprint density at radius 1 is 1.12 bits per heavy atom. The molecule has 0 aliphatic rings. The number of carbonyl (C=O) groups excluding carboxylic acids is 1. The smallest absolute Gasteiger partial charge is 0.321 e. The predicted octanol–water partition coefficient (Wildman–Crippen LogP) is 3.99. The number of alkyl halides is 2. The molecule has 2 aromatic carbocycles. The first-order chi connectivity index (χ1) is 11.3. The highest BCUT2D eigenvalue weighted by Gasteiger charge is 2.29. The van der Waals surface area contributed by atoms with Crippen molar-refractivity contribution in [1.29, 1.82) is 0 Å². The van der Waals surface area contributed by atoms with E-state index in [0.717, 1.165) is 12.1 Å². The lowest BCUT2D eigenvalue weighted by atomic mass is 10.2. The molecule has 1 amide bonds. The molecule has 0 atom stereocenters. The third-order valence-corrected chi connectivity index (χ3v) is 4.64. The molecular weight excluding hydrogens is 360 g/mol. The Kier molecular flexibility index (Phi) is 5.69. The summed E-state index contributed by atoms with van der Waals surface area (Å²) in [6, 6.07) is 11.7. The van der Waals surface area contributed by atoms with Crippen LogP contribution < -0.4 is 5.32 Å². The molecule has 0 unspecified atom stereocenters. The van der Waals surface area contributed by atoms with E-state index in [4.69, 9.17) is 11.6 Å². The maximum atomic E-state index is 12.7. The lowest BCUT2D eigenvalue weighted by Gasteiger charge is -2.09. The van der Waals surface area contributed by atoms with Gasteiger partial charge in [0.1, 0.15) is 0 Å². The molecule has 0 aliphatic heterocycles. The largest absolute Gasteiger partial charge is 0.341 e. The molecule has 8 heteroatoms. The molecule has 0 heterocycles. The van der Waals surface area contributed by atoms with Crippen molar-refractivity contribution in [1.82, 2.24) is 0 Å². The number of sulfone groups is 1. The summed E-state index contributed by atoms with van der Waals surface area (Å²) in [6.45, 7) is 0. The minimum absolute atomic E-state index is 0.210. The number of nitrogens with one attached hydrogen (secondary N) is 1. The number of halogens is 3. The Balaban J connectivity index is 2.21. The highest BCUT2D eigenvalue weighted by Crippen LogP contribution is 2.26. The van der Waals surface area contributed by atoms with Crippen LogP contribution in [0, 0.1) is 0 Å². The molecule has 4 nitrogen and oxygen atoms in total. The third-order valence-electron chi connectivity index (χ3n) is 2.96. The number of benzene rings is 2. The van der Waals surface area contributed by atoms with E-state index in [2.05, 4.69) is 5.32 Å². The number of hydrogen-bond acceptors (Lipinski definition) is 3. The minimum atomic E-state index is -4.82. The van der Waals surface area contributed by atoms with Gasteiger partial charge in [0.15, 0.2) is 0 Å². The van der Waals surface area contributed by atoms with Crippen molar-refractivity contribution >= 4 is 39.1 Å². The van der Waals surface area contributed by atoms with Gasteiger partial charge in [0, 0.05) is 11.1 Å². The van der Waals surface area contributed by atoms with Crippen LogP contribution in [-0.2, 0) is 14.6 Å². The number of rotatable bonds is 5. The first-order valence-corrected chi connectivity index (χ1v) is 8.59. The lowest BCUT2D eigenvalue weighted by Crippen LogP contribution is -2.16. The van der Waals surface area contributed by atoms with Gasteiger partial charge in [-0.05, 0) is 35.9 Å². The quantitative estimate of drug-likeness (QED) is 0.808. The van der Waals surface area contributed by atoms with Crippen molar-refractivity contribution in [3.8, 4) is 0 Å². The second kappa shape index (κ2) is 7.55. The van der Waals surface area contributed by atoms with Crippen molar-refractivity contribution in [3.05, 3.63) is 65.2 Å². The van der Waals surface area contributed by atoms with Gasteiger partial charge >= 0.3 is 5.76 Å². The fraction of sp³-hybridized carbons (Fsp3) is 0.0625. The summed E-state index contributed by atoms with van der Waals surface area (Å²) in [5.41, 5.74) is 0.449. The predicted molar refractivity (Wildman–Crippen MR) is 88.7 cm³/mol. The molecule has 2 rings (SSSR count). The van der Waals surface area contributed by atoms with E-state index in [0.29, 0.717) is 10.6 Å². The van der Waals surface area contributed by atoms with E-state index in [1.807, 2.05) is 0 Å². The molecule has 0 radical (unpaired) electrons. The van der Waals surface area contributed by atoms with Gasteiger partial charge in [-0.25, -0.2) is 8.42 Å². The van der Waals surface area contributed by atoms with Gasteiger partial charge in [-0.3, -0.25) is 4.79 Å². The monoisotopic (exact) mass is 371 g/mol. The van der Waals surface area contributed by atoms with E-state index in [-0.39, 0.29) is 5.69 Å². The Hall–Kier alpha value is -2.25. The van der Waals surface area contributed by atoms with Gasteiger partial charge in [-0.15, -0.1) is 0 Å². The Labute approximate surface area is 142 Å². The van der Waals surface area contributed by atoms with E-state index >= 15 is 0 Å². The molecule has 126 valence electrons. The van der Waals surface area contributed by atoms with Gasteiger partial charge in [-0.1, -0.05) is 35.9 Å². The molecule has 0 fully saturated rings. The minimum Gasteiger partial charge on any atom is -0.321 e. The molecule has 0 bridgehead atoms. The summed E-state index contributed by atoms with van der Waals surface area (Å²) in [4.78, 5) is 11.3. The van der Waals surface area contributed by atoms with Gasteiger partial charge in [-0.2, -0.15) is 8.78 Å². The lowest BCUT2D eigenvalue weighted by molar-refractivity contribution is -0.111. The average molecular weight is 372 g/mol. The SMILES string of the molecule is O=C(/C=C/c1cccc(Cl)c1)Nc1ccccc1S(=O)(=O)C(F)F. The van der Waals surface area contributed by atoms with Crippen molar-refractivity contribution in [2.45, 2.75) is 10.7 Å². The number of para-hydroxylation sites is 1. The topological polar surface area (TPSA) is 63.2 Å². The van der Waals surface area contributed by atoms with Crippen LogP contribution in [0.5, 0.6) is 0 Å². The van der Waals surface area contributed by atoms with E-state index in [9.17, 15) is 22.0 Å². The van der Waals surface area contributed by atoms with Crippen LogP contribution in [0.1, 0.15) is 5.56 Å². The van der Waals surface area contributed by atoms with E-state index in [1.54, 1.807) is 24.3 Å². The summed E-state index contributed by atoms with van der Waals surface area (Å²) in [7, 11) is -4.82. The van der Waals surface area contributed by atoms with E-state index < -0.39 is 26.4 Å². The van der Waals surface area contributed by atoms with Crippen LogP contribution in [0.4, 0.5) is 14.5 Å². The van der Waals surface area contributed by atoms with Crippen LogP contribution in [0.25, 0.3) is 6.08 Å². The second-order valence-corrected chi connectivity index (χ2v) is 7.00. The number of hydrogen-bond donors (Lipinski definition) is 1. The maximum Gasteiger partial charge on any atom is 0.341 e. The third kappa shape index (κ3) is 4.39. The Morgan fingerprint density at radius 3 is 2.50 bits per heavy atom. The molecule has 0 saturated heterocycles. The Bertz CT molecular complexity index is 882. The van der Waals surface area contributed by atoms with Gasteiger partial charge in [0.2, 0.25) is 15.7 Å². The van der Waals surface area contributed by atoms with Gasteiger partial charge in [0.05, 0.1) is 10.6 Å². The van der Waals surface area contributed by atoms with Crippen LogP contribution >= 0.6 is 11.6 Å². The highest BCUT2D eigenvalue weighted by atomic mass is 35.5. The van der Waals surface area contributed by atoms with Crippen LogP contribution in [-0.4, -0.2) is 20.1 Å². The highest BCUT2D eigenvalue weighted by molar-refractivity contribution is 7.91. The zero-order valence-corrected chi connectivity index (χ0v) is 13.7. The summed E-state index contributed by atoms with van der Waals surface area (Å²) in [5.74, 6) is -4.23. The molecule has 0 saturated carbocycles. The van der Waals surface area contributed by atoms with Crippen molar-refractivity contribution in [3.63, 3.8) is 0 Å². The zero-order valence-electron chi connectivity index (χ0n) is 12.1. The fourth-order valence-corrected chi connectivity index (χ4v) is 2.96. The Morgan fingerprint density at radius 2 is 1.83 bits per heavy atom. The van der Waals surface area contributed by atoms with Crippen LogP contribution in [0.15, 0.2) is 59.5 Å². The number of anilines is 1. The molecular formula is C16H12ClF2NO3S. The molecule has 0 spiro atoms. The molecule has 1 N–H and O–H groups in total. The normalized spacial score (nSPS) is 11.8. The molecule has 2 aromatic rings. The average Bonchev–Trinajstić information content (AvgIpc) is 2.53. The van der Waals surface area contributed by atoms with Gasteiger partial charge < -0.3 is 5.32 Å². The number of amides is 1. The molecule has 24 heavy (non-hydrogen) atoms. The molecule has 0 aliphatic carbocycles. The standard InChI is InChI=1S/C16H12ClF2NO3S/c17-12-5-3-4-11(10-12)8-9-15(21)20-13-6-1-2-7-14(13)24(22,23)16(18)19/h1-10,16H,(H,20,21)/b9-8+. The number of carbonyl (C=O) groups is 1. The van der Waals surface area contributed by atoms with Crippen molar-refractivity contribution < 1.29 is 22.0 Å². The fourth-order valence-electron chi connectivity index (χ4n) is 1.87. The summed E-state index contributed by atoms with van der Waals surface area (Å²) >= 11 is 5.82. The van der Waals surface area contributed by atoms with Crippen LogP contribution in [0.2, 0.25) is 5.02 Å². The van der Waals surface area contributed by atoms with Crippen molar-refractivity contribution in [2.75, 3.05) is 5.32 Å². The van der Waals surface area contributed by atoms with E-state index in [1.165, 1.54) is 24.3 Å². The first-order valence-electron chi connectivity index (χ1n) is 6.66. The summed E-state index contributed by atoms with van der Waals surface area (Å²) in [6.07, 6.45) is 2.61. The summed E-state index contributed by atoms with van der Waals surface area (Å²) in [5, 5.41) is 2.78. The zero-order chi connectivity index (χ0) is 17.7. The maximum absolute atomic E-state index is 12.7. The summed E-state index contributed by atoms with van der Waals surface area (Å²) < 4.78 is 48.6. The van der Waals surface area contributed by atoms with Crippen LogP contribution in [0.3, 0.4) is 0 Å². The van der Waals surface area contributed by atoms with Gasteiger partial charge in [0.25, 0.3) is 0 Å². The first kappa shape index (κ1) is 18.1. The van der Waals surface area contributed by atoms with Crippen molar-refractivity contribution in [2.24, 2.45) is 0 Å².